The van der Waals surface area contributed by atoms with Gasteiger partial charge in [-0.3, -0.25) is 4.79 Å². The Kier molecular flexibility index (Phi) is 6.13. The van der Waals surface area contributed by atoms with E-state index in [0.29, 0.717) is 31.7 Å². The van der Waals surface area contributed by atoms with Crippen molar-refractivity contribution in [3.63, 3.8) is 0 Å². The van der Waals surface area contributed by atoms with Crippen molar-refractivity contribution in [2.24, 2.45) is 0 Å². The lowest BCUT2D eigenvalue weighted by Gasteiger charge is -2.28. The van der Waals surface area contributed by atoms with Crippen LogP contribution in [0.5, 0.6) is 0 Å². The number of nitrogens with zero attached hydrogens (tertiary/aromatic N) is 4. The van der Waals surface area contributed by atoms with Crippen LogP contribution >= 0.6 is 0 Å². The van der Waals surface area contributed by atoms with Crippen LogP contribution in [-0.2, 0) is 29.0 Å². The van der Waals surface area contributed by atoms with E-state index in [-0.39, 0.29) is 17.9 Å². The Morgan fingerprint density at radius 3 is 2.87 bits per heavy atom. The number of fused-ring (bicyclic) bond motifs is 1. The van der Waals surface area contributed by atoms with E-state index in [9.17, 15) is 14.7 Å². The van der Waals surface area contributed by atoms with E-state index in [4.69, 9.17) is 4.74 Å². The molecule has 8 nitrogen and oxygen atoms in total. The van der Waals surface area contributed by atoms with Crippen molar-refractivity contribution in [3.05, 3.63) is 46.8 Å². The molecule has 1 heterocycles. The third-order valence-electron chi connectivity index (χ3n) is 6.00. The van der Waals surface area contributed by atoms with E-state index in [2.05, 4.69) is 10.3 Å². The van der Waals surface area contributed by atoms with Crippen LogP contribution in [0.4, 0.5) is 0 Å². The number of rotatable bonds is 9. The van der Waals surface area contributed by atoms with Crippen molar-refractivity contribution in [2.45, 2.75) is 63.6 Å². The zero-order valence-electron chi connectivity index (χ0n) is 17.3. The van der Waals surface area contributed by atoms with Gasteiger partial charge in [0, 0.05) is 19.6 Å². The highest BCUT2D eigenvalue weighted by molar-refractivity contribution is 5.88. The topological polar surface area (TPSA) is 97.5 Å². The van der Waals surface area contributed by atoms with Crippen molar-refractivity contribution in [1.82, 2.24) is 19.9 Å². The summed E-state index contributed by atoms with van der Waals surface area (Å²) in [6.45, 7) is 1.66. The minimum Gasteiger partial charge on any atom is -0.478 e. The quantitative estimate of drug-likeness (QED) is 0.680. The highest BCUT2D eigenvalue weighted by Gasteiger charge is 2.35. The third-order valence-corrected chi connectivity index (χ3v) is 6.00. The second-order valence-corrected chi connectivity index (χ2v) is 8.23. The summed E-state index contributed by atoms with van der Waals surface area (Å²) in [6.07, 6.45) is 7.20. The summed E-state index contributed by atoms with van der Waals surface area (Å²) in [4.78, 5) is 26.6. The third kappa shape index (κ3) is 4.70. The van der Waals surface area contributed by atoms with Gasteiger partial charge < -0.3 is 14.7 Å². The van der Waals surface area contributed by atoms with Crippen LogP contribution in [0.15, 0.2) is 24.4 Å². The molecular formula is C22H28N4O4. The molecule has 1 aromatic carbocycles. The largest absolute Gasteiger partial charge is 0.478 e. The molecule has 1 saturated carbocycles. The normalized spacial score (nSPS) is 18.1. The average Bonchev–Trinajstić information content (AvgIpc) is 3.49. The zero-order chi connectivity index (χ0) is 21.1. The minimum atomic E-state index is -0.926. The number of carboxylic acid groups (broad SMARTS) is 1. The van der Waals surface area contributed by atoms with E-state index in [1.165, 1.54) is 5.56 Å². The fraction of sp³-hybridized carbons (Fsp3) is 0.545. The van der Waals surface area contributed by atoms with E-state index in [0.717, 1.165) is 43.4 Å². The Balaban J connectivity index is 1.46. The number of benzene rings is 1. The fourth-order valence-corrected chi connectivity index (χ4v) is 4.26. The summed E-state index contributed by atoms with van der Waals surface area (Å²) in [5.41, 5.74) is 3.27. The number of hydrogen-bond donors (Lipinski definition) is 1. The Bertz CT molecular complexity index is 922. The first-order chi connectivity index (χ1) is 14.5. The van der Waals surface area contributed by atoms with Gasteiger partial charge in [0.05, 0.1) is 31.5 Å². The van der Waals surface area contributed by atoms with Gasteiger partial charge in [0.2, 0.25) is 5.91 Å². The standard InChI is InChI=1S/C22H28N4O4/c1-30-10-9-25-13-18(23-24-25)14-26(19-7-8-19)21(27)12-16-4-2-3-15-5-6-17(22(28)29)11-20(15)16/h5-6,11,13,16,19H,2-4,7-10,12,14H2,1H3,(H,28,29). The molecule has 2 aromatic rings. The Morgan fingerprint density at radius 1 is 1.30 bits per heavy atom. The van der Waals surface area contributed by atoms with Gasteiger partial charge in [-0.1, -0.05) is 11.3 Å². The number of aromatic nitrogens is 3. The molecule has 8 heteroatoms. The molecule has 1 unspecified atom stereocenters. The van der Waals surface area contributed by atoms with Crippen LogP contribution < -0.4 is 0 Å². The lowest BCUT2D eigenvalue weighted by Crippen LogP contribution is -2.34. The van der Waals surface area contributed by atoms with Gasteiger partial charge in [0.25, 0.3) is 0 Å². The summed E-state index contributed by atoms with van der Waals surface area (Å²) < 4.78 is 6.80. The molecule has 0 bridgehead atoms. The van der Waals surface area contributed by atoms with E-state index in [1.54, 1.807) is 23.9 Å². The van der Waals surface area contributed by atoms with Gasteiger partial charge in [-0.05, 0) is 61.3 Å². The summed E-state index contributed by atoms with van der Waals surface area (Å²) in [5.74, 6) is -0.744. The predicted molar refractivity (Wildman–Crippen MR) is 109 cm³/mol. The van der Waals surface area contributed by atoms with Gasteiger partial charge >= 0.3 is 5.97 Å². The first-order valence-electron chi connectivity index (χ1n) is 10.6. The summed E-state index contributed by atoms with van der Waals surface area (Å²) >= 11 is 0. The maximum Gasteiger partial charge on any atom is 0.335 e. The van der Waals surface area contributed by atoms with E-state index >= 15 is 0 Å². The minimum absolute atomic E-state index is 0.0687. The van der Waals surface area contributed by atoms with Crippen molar-refractivity contribution in [1.29, 1.82) is 0 Å². The molecule has 1 amide bonds. The first kappa shape index (κ1) is 20.5. The Morgan fingerprint density at radius 2 is 2.13 bits per heavy atom. The summed E-state index contributed by atoms with van der Waals surface area (Å²) in [6, 6.07) is 5.61. The van der Waals surface area contributed by atoms with Crippen LogP contribution in [0.1, 0.15) is 65.2 Å². The molecule has 1 atom stereocenters. The summed E-state index contributed by atoms with van der Waals surface area (Å²) in [5, 5.41) is 17.7. The molecule has 1 fully saturated rings. The van der Waals surface area contributed by atoms with Crippen molar-refractivity contribution in [3.8, 4) is 0 Å². The van der Waals surface area contributed by atoms with Crippen LogP contribution in [0.25, 0.3) is 0 Å². The fourth-order valence-electron chi connectivity index (χ4n) is 4.26. The molecule has 160 valence electrons. The van der Waals surface area contributed by atoms with Crippen molar-refractivity contribution in [2.75, 3.05) is 13.7 Å². The van der Waals surface area contributed by atoms with Crippen LogP contribution in [-0.4, -0.2) is 56.6 Å². The highest BCUT2D eigenvalue weighted by Crippen LogP contribution is 2.37. The molecule has 0 aliphatic heterocycles. The number of carbonyl (C=O) groups excluding carboxylic acids is 1. The lowest BCUT2D eigenvalue weighted by atomic mass is 9.80. The molecule has 0 spiro atoms. The summed E-state index contributed by atoms with van der Waals surface area (Å²) in [7, 11) is 1.65. The molecule has 0 saturated heterocycles. The van der Waals surface area contributed by atoms with Crippen molar-refractivity contribution >= 4 is 11.9 Å². The molecule has 0 radical (unpaired) electrons. The lowest BCUT2D eigenvalue weighted by molar-refractivity contribution is -0.133. The smallest absolute Gasteiger partial charge is 0.335 e. The number of ether oxygens (including phenoxy) is 1. The second kappa shape index (κ2) is 8.95. The molecule has 1 aromatic heterocycles. The SMILES string of the molecule is COCCn1cc(CN(C(=O)CC2CCCc3ccc(C(=O)O)cc32)C2CC2)nn1. The maximum absolute atomic E-state index is 13.2. The first-order valence-corrected chi connectivity index (χ1v) is 10.6. The van der Waals surface area contributed by atoms with E-state index < -0.39 is 5.97 Å². The molecule has 30 heavy (non-hydrogen) atoms. The molecular weight excluding hydrogens is 384 g/mol. The highest BCUT2D eigenvalue weighted by atomic mass is 16.5. The van der Waals surface area contributed by atoms with Crippen molar-refractivity contribution < 1.29 is 19.4 Å². The Labute approximate surface area is 175 Å². The predicted octanol–water partition coefficient (Wildman–Crippen LogP) is 2.62. The van der Waals surface area contributed by atoms with Gasteiger partial charge in [0.1, 0.15) is 5.69 Å². The number of hydrogen-bond acceptors (Lipinski definition) is 5. The number of carboxylic acids is 1. The molecule has 1 N–H and O–H groups in total. The molecule has 4 rings (SSSR count). The van der Waals surface area contributed by atoms with Crippen LogP contribution in [0, 0.1) is 0 Å². The zero-order valence-corrected chi connectivity index (χ0v) is 17.3. The average molecular weight is 412 g/mol. The van der Waals surface area contributed by atoms with Gasteiger partial charge in [-0.15, -0.1) is 5.10 Å². The number of amides is 1. The number of methoxy groups -OCH3 is 1. The molecule has 2 aliphatic rings. The van der Waals surface area contributed by atoms with Gasteiger partial charge in [0.15, 0.2) is 0 Å². The van der Waals surface area contributed by atoms with Gasteiger partial charge in [-0.2, -0.15) is 0 Å². The van der Waals surface area contributed by atoms with Crippen LogP contribution in [0.2, 0.25) is 0 Å². The van der Waals surface area contributed by atoms with Crippen LogP contribution in [0.3, 0.4) is 0 Å². The number of aromatic carboxylic acids is 1. The number of aryl methyl sites for hydroxylation is 1. The maximum atomic E-state index is 13.2. The van der Waals surface area contributed by atoms with Gasteiger partial charge in [-0.25, -0.2) is 9.48 Å². The Hall–Kier alpha value is -2.74. The molecule has 2 aliphatic carbocycles. The second-order valence-electron chi connectivity index (χ2n) is 8.23. The number of carbonyl (C=O) groups is 2. The monoisotopic (exact) mass is 412 g/mol. The van der Waals surface area contributed by atoms with E-state index in [1.807, 2.05) is 17.2 Å².